The maximum Gasteiger partial charge on any atom is 0.303 e. The van der Waals surface area contributed by atoms with Crippen LogP contribution in [0.1, 0.15) is 65.6 Å². The van der Waals surface area contributed by atoms with E-state index in [1.165, 1.54) is 0 Å². The normalized spacial score (nSPS) is 10.9. The quantitative estimate of drug-likeness (QED) is 0.152. The van der Waals surface area contributed by atoms with E-state index in [0.717, 1.165) is 85.5 Å². The lowest BCUT2D eigenvalue weighted by Gasteiger charge is -2.21. The highest BCUT2D eigenvalue weighted by Gasteiger charge is 2.19. The monoisotopic (exact) mass is 594 g/mol. The molecule has 0 aliphatic rings. The molecule has 0 saturated heterocycles. The van der Waals surface area contributed by atoms with Gasteiger partial charge in [-0.15, -0.1) is 0 Å². The molecule has 0 spiro atoms. The van der Waals surface area contributed by atoms with Gasteiger partial charge in [-0.1, -0.05) is 56.3 Å². The summed E-state index contributed by atoms with van der Waals surface area (Å²) in [4.78, 5) is 23.0. The number of aryl methyl sites for hydroxylation is 6. The van der Waals surface area contributed by atoms with Crippen LogP contribution in [0.3, 0.4) is 0 Å². The molecule has 6 nitrogen and oxygen atoms in total. The fourth-order valence-corrected chi connectivity index (χ4v) is 6.01. The summed E-state index contributed by atoms with van der Waals surface area (Å²) in [5.41, 5.74) is 11.5. The van der Waals surface area contributed by atoms with Crippen molar-refractivity contribution in [2.45, 2.75) is 72.8 Å². The van der Waals surface area contributed by atoms with Crippen molar-refractivity contribution in [3.63, 3.8) is 0 Å². The maximum atomic E-state index is 11.6. The lowest BCUT2D eigenvalue weighted by molar-refractivity contribution is -0.138. The number of rotatable bonds is 14. The third kappa shape index (κ3) is 7.67. The fourth-order valence-electron chi connectivity index (χ4n) is 6.01. The summed E-state index contributed by atoms with van der Waals surface area (Å²) < 4.78 is 11.9. The SMILES string of the molecule is CCc1cc(-c2c(C)cc(-c3c(CC)cc(OC)cc3CCC(=O)O)cc2C)cc(CCC(=O)O)c1OCc1ccccc1. The number of ether oxygens (including phenoxy) is 2. The van der Waals surface area contributed by atoms with Crippen LogP contribution in [0.4, 0.5) is 0 Å². The van der Waals surface area contributed by atoms with E-state index in [1.807, 2.05) is 42.5 Å². The van der Waals surface area contributed by atoms with Crippen molar-refractivity contribution in [2.24, 2.45) is 0 Å². The van der Waals surface area contributed by atoms with Crippen molar-refractivity contribution < 1.29 is 29.3 Å². The van der Waals surface area contributed by atoms with E-state index in [0.29, 0.717) is 19.4 Å². The molecule has 0 unspecified atom stereocenters. The van der Waals surface area contributed by atoms with Crippen LogP contribution >= 0.6 is 0 Å². The Morgan fingerprint density at radius 1 is 0.682 bits per heavy atom. The molecule has 0 aromatic heterocycles. The molecule has 0 saturated carbocycles. The van der Waals surface area contributed by atoms with Crippen molar-refractivity contribution in [1.29, 1.82) is 0 Å². The summed E-state index contributed by atoms with van der Waals surface area (Å²) in [6.45, 7) is 8.79. The van der Waals surface area contributed by atoms with Crippen LogP contribution in [-0.4, -0.2) is 29.3 Å². The Bertz CT molecular complexity index is 1610. The first-order valence-corrected chi connectivity index (χ1v) is 15.2. The second kappa shape index (κ2) is 14.7. The van der Waals surface area contributed by atoms with Gasteiger partial charge in [-0.05, 0) is 125 Å². The van der Waals surface area contributed by atoms with Crippen molar-refractivity contribution in [3.05, 3.63) is 106 Å². The molecule has 0 aliphatic heterocycles. The lowest BCUT2D eigenvalue weighted by atomic mass is 9.85. The number of hydrogen-bond acceptors (Lipinski definition) is 4. The minimum absolute atomic E-state index is 0.0155. The van der Waals surface area contributed by atoms with Gasteiger partial charge < -0.3 is 19.7 Å². The van der Waals surface area contributed by atoms with E-state index in [4.69, 9.17) is 9.47 Å². The van der Waals surface area contributed by atoms with Gasteiger partial charge in [-0.2, -0.15) is 0 Å². The zero-order valence-corrected chi connectivity index (χ0v) is 26.3. The Morgan fingerprint density at radius 2 is 1.23 bits per heavy atom. The number of carboxylic acid groups (broad SMARTS) is 2. The third-order valence-electron chi connectivity index (χ3n) is 8.07. The molecule has 44 heavy (non-hydrogen) atoms. The number of carbonyl (C=O) groups is 2. The molecule has 2 N–H and O–H groups in total. The molecular weight excluding hydrogens is 552 g/mol. The van der Waals surface area contributed by atoms with Gasteiger partial charge in [0.2, 0.25) is 0 Å². The average Bonchev–Trinajstić information content (AvgIpc) is 3.01. The summed E-state index contributed by atoms with van der Waals surface area (Å²) in [5, 5.41) is 18.9. The number of aliphatic carboxylic acids is 2. The summed E-state index contributed by atoms with van der Waals surface area (Å²) >= 11 is 0. The highest BCUT2D eigenvalue weighted by atomic mass is 16.5. The maximum absolute atomic E-state index is 11.6. The Kier molecular flexibility index (Phi) is 10.8. The van der Waals surface area contributed by atoms with Crippen molar-refractivity contribution in [1.82, 2.24) is 0 Å². The molecule has 0 bridgehead atoms. The molecule has 0 atom stereocenters. The highest BCUT2D eigenvalue weighted by Crippen LogP contribution is 2.40. The Balaban J connectivity index is 1.82. The molecule has 0 amide bonds. The van der Waals surface area contributed by atoms with Gasteiger partial charge in [0.1, 0.15) is 18.1 Å². The molecule has 0 radical (unpaired) electrons. The predicted molar refractivity (Wildman–Crippen MR) is 175 cm³/mol. The van der Waals surface area contributed by atoms with Crippen LogP contribution in [0, 0.1) is 13.8 Å². The number of carboxylic acids is 2. The van der Waals surface area contributed by atoms with Crippen LogP contribution < -0.4 is 9.47 Å². The van der Waals surface area contributed by atoms with Gasteiger partial charge in [-0.25, -0.2) is 0 Å². The second-order valence-electron chi connectivity index (χ2n) is 11.2. The molecule has 6 heteroatoms. The zero-order valence-electron chi connectivity index (χ0n) is 26.3. The van der Waals surface area contributed by atoms with E-state index < -0.39 is 11.9 Å². The van der Waals surface area contributed by atoms with Crippen LogP contribution in [0.15, 0.2) is 66.7 Å². The third-order valence-corrected chi connectivity index (χ3v) is 8.07. The highest BCUT2D eigenvalue weighted by molar-refractivity contribution is 5.81. The molecular formula is C38H42O6. The first-order chi connectivity index (χ1) is 21.1. The summed E-state index contributed by atoms with van der Waals surface area (Å²) in [7, 11) is 1.63. The van der Waals surface area contributed by atoms with Gasteiger partial charge in [0.15, 0.2) is 0 Å². The average molecular weight is 595 g/mol. The van der Waals surface area contributed by atoms with E-state index >= 15 is 0 Å². The molecule has 4 rings (SSSR count). The largest absolute Gasteiger partial charge is 0.497 e. The Morgan fingerprint density at radius 3 is 1.80 bits per heavy atom. The fraction of sp³-hybridized carbons (Fsp3) is 0.316. The van der Waals surface area contributed by atoms with E-state index in [1.54, 1.807) is 7.11 Å². The van der Waals surface area contributed by atoms with Gasteiger partial charge in [0.05, 0.1) is 7.11 Å². The minimum atomic E-state index is -0.843. The molecule has 0 heterocycles. The smallest absolute Gasteiger partial charge is 0.303 e. The Labute approximate surface area is 260 Å². The minimum Gasteiger partial charge on any atom is -0.497 e. The van der Waals surface area contributed by atoms with Crippen LogP contribution in [-0.2, 0) is 41.9 Å². The summed E-state index contributed by atoms with van der Waals surface area (Å²) in [6.07, 6.45) is 2.36. The van der Waals surface area contributed by atoms with Crippen molar-refractivity contribution in [2.75, 3.05) is 7.11 Å². The number of methoxy groups -OCH3 is 1. The van der Waals surface area contributed by atoms with Crippen molar-refractivity contribution >= 4 is 11.9 Å². The first kappa shape index (κ1) is 32.3. The molecule has 4 aromatic carbocycles. The number of benzene rings is 4. The lowest BCUT2D eigenvalue weighted by Crippen LogP contribution is -2.06. The molecule has 4 aromatic rings. The summed E-state index contributed by atoms with van der Waals surface area (Å²) in [6, 6.07) is 22.6. The summed E-state index contributed by atoms with van der Waals surface area (Å²) in [5.74, 6) is -0.181. The van der Waals surface area contributed by atoms with E-state index in [-0.39, 0.29) is 12.8 Å². The van der Waals surface area contributed by atoms with Gasteiger partial charge >= 0.3 is 11.9 Å². The molecule has 230 valence electrons. The topological polar surface area (TPSA) is 93.1 Å². The van der Waals surface area contributed by atoms with Crippen LogP contribution in [0.5, 0.6) is 11.5 Å². The number of hydrogen-bond donors (Lipinski definition) is 2. The van der Waals surface area contributed by atoms with Crippen molar-refractivity contribution in [3.8, 4) is 33.8 Å². The van der Waals surface area contributed by atoms with Gasteiger partial charge in [0, 0.05) is 12.8 Å². The van der Waals surface area contributed by atoms with Crippen LogP contribution in [0.2, 0.25) is 0 Å². The Hall–Kier alpha value is -4.58. The van der Waals surface area contributed by atoms with E-state index in [9.17, 15) is 19.8 Å². The zero-order chi connectivity index (χ0) is 31.8. The van der Waals surface area contributed by atoms with Crippen LogP contribution in [0.25, 0.3) is 22.3 Å². The van der Waals surface area contributed by atoms with Gasteiger partial charge in [-0.3, -0.25) is 9.59 Å². The van der Waals surface area contributed by atoms with Gasteiger partial charge in [0.25, 0.3) is 0 Å². The first-order valence-electron chi connectivity index (χ1n) is 15.2. The standard InChI is InChI=1S/C38H42O6/c1-6-27-21-33(43-5)22-29(13-15-34(39)40)37(27)31-17-24(3)36(25(4)18-31)32-19-28(7-2)38(30(20-32)14-16-35(41)42)44-23-26-11-9-8-10-12-26/h8-12,17-22H,6-7,13-16,23H2,1-5H3,(H,39,40)(H,41,42). The molecule has 0 aliphatic carbocycles. The molecule has 0 fully saturated rings. The van der Waals surface area contributed by atoms with E-state index in [2.05, 4.69) is 52.0 Å². The second-order valence-corrected chi connectivity index (χ2v) is 11.2. The predicted octanol–water partition coefficient (Wildman–Crippen LogP) is 8.38.